The second-order valence-corrected chi connectivity index (χ2v) is 4.40. The number of nitrogens with one attached hydrogen (secondary N) is 3. The molecular weight excluding hydrogens is 279 g/mol. The first-order chi connectivity index (χ1) is 8.97. The van der Waals surface area contributed by atoms with E-state index in [2.05, 4.69) is 16.2 Å². The van der Waals surface area contributed by atoms with Gasteiger partial charge in [0.25, 0.3) is 6.17 Å². The van der Waals surface area contributed by atoms with Crippen LogP contribution < -0.4 is 16.2 Å². The SMILES string of the molecule is O=C(Nc1ccc(F)cc1Cl)C1CC([N+](=O)[O-])NN1. The van der Waals surface area contributed by atoms with E-state index >= 15 is 0 Å². The van der Waals surface area contributed by atoms with Gasteiger partial charge in [-0.2, -0.15) is 5.43 Å². The first-order valence-electron chi connectivity index (χ1n) is 5.38. The van der Waals surface area contributed by atoms with Crippen LogP contribution in [0.4, 0.5) is 10.1 Å². The van der Waals surface area contributed by atoms with Crippen molar-refractivity contribution < 1.29 is 14.1 Å². The number of rotatable bonds is 3. The van der Waals surface area contributed by atoms with Gasteiger partial charge in [0.1, 0.15) is 11.9 Å². The molecule has 1 aliphatic heterocycles. The molecule has 2 unspecified atom stereocenters. The number of carbonyl (C=O) groups excluding carboxylic acids is 1. The lowest BCUT2D eigenvalue weighted by Crippen LogP contribution is -2.41. The molecule has 1 aliphatic rings. The Bertz CT molecular complexity index is 527. The van der Waals surface area contributed by atoms with Gasteiger partial charge in [-0.1, -0.05) is 11.6 Å². The molecule has 1 aromatic rings. The van der Waals surface area contributed by atoms with E-state index in [0.29, 0.717) is 0 Å². The Labute approximate surface area is 112 Å². The summed E-state index contributed by atoms with van der Waals surface area (Å²) in [4.78, 5) is 21.8. The fourth-order valence-corrected chi connectivity index (χ4v) is 1.87. The lowest BCUT2D eigenvalue weighted by molar-refractivity contribution is -0.526. The predicted molar refractivity (Wildman–Crippen MR) is 65.5 cm³/mol. The molecule has 1 amide bonds. The van der Waals surface area contributed by atoms with Gasteiger partial charge in [0.15, 0.2) is 0 Å². The summed E-state index contributed by atoms with van der Waals surface area (Å²) in [6.07, 6.45) is -1.00. The molecule has 0 aliphatic carbocycles. The van der Waals surface area contributed by atoms with Gasteiger partial charge in [0.05, 0.1) is 17.1 Å². The van der Waals surface area contributed by atoms with Gasteiger partial charge in [-0.3, -0.25) is 14.9 Å². The van der Waals surface area contributed by atoms with Crippen molar-refractivity contribution in [3.05, 3.63) is 39.2 Å². The van der Waals surface area contributed by atoms with Gasteiger partial charge < -0.3 is 5.32 Å². The number of anilines is 1. The molecule has 0 radical (unpaired) electrons. The number of hydrazine groups is 1. The predicted octanol–water partition coefficient (Wildman–Crippen LogP) is 0.887. The van der Waals surface area contributed by atoms with Gasteiger partial charge in [0, 0.05) is 4.92 Å². The minimum Gasteiger partial charge on any atom is -0.323 e. The van der Waals surface area contributed by atoms with Crippen molar-refractivity contribution in [3.63, 3.8) is 0 Å². The van der Waals surface area contributed by atoms with E-state index in [1.165, 1.54) is 6.07 Å². The average Bonchev–Trinajstić information content (AvgIpc) is 2.82. The highest BCUT2D eigenvalue weighted by molar-refractivity contribution is 6.33. The topological polar surface area (TPSA) is 96.3 Å². The van der Waals surface area contributed by atoms with Gasteiger partial charge in [-0.25, -0.2) is 9.82 Å². The monoisotopic (exact) mass is 288 g/mol. The first kappa shape index (κ1) is 13.7. The molecule has 7 nitrogen and oxygen atoms in total. The Morgan fingerprint density at radius 3 is 2.84 bits per heavy atom. The number of halogens is 2. The smallest absolute Gasteiger partial charge is 0.280 e. The van der Waals surface area contributed by atoms with Crippen molar-refractivity contribution in [1.82, 2.24) is 10.9 Å². The molecule has 1 heterocycles. The Morgan fingerprint density at radius 1 is 1.53 bits per heavy atom. The second-order valence-electron chi connectivity index (χ2n) is 3.99. The van der Waals surface area contributed by atoms with Gasteiger partial charge >= 0.3 is 0 Å². The average molecular weight is 289 g/mol. The van der Waals surface area contributed by atoms with Crippen molar-refractivity contribution in [2.45, 2.75) is 18.6 Å². The van der Waals surface area contributed by atoms with Gasteiger partial charge in [-0.15, -0.1) is 0 Å². The van der Waals surface area contributed by atoms with Crippen LogP contribution >= 0.6 is 11.6 Å². The summed E-state index contributed by atoms with van der Waals surface area (Å²) in [5.74, 6) is -0.998. The largest absolute Gasteiger partial charge is 0.323 e. The third-order valence-electron chi connectivity index (χ3n) is 2.64. The number of nitrogens with zero attached hydrogens (tertiary/aromatic N) is 1. The molecule has 0 spiro atoms. The van der Waals surface area contributed by atoms with Crippen LogP contribution in [0.5, 0.6) is 0 Å². The fourth-order valence-electron chi connectivity index (χ4n) is 1.66. The second kappa shape index (κ2) is 5.47. The van der Waals surface area contributed by atoms with Crippen LogP contribution in [0.25, 0.3) is 0 Å². The molecule has 3 N–H and O–H groups in total. The Kier molecular flexibility index (Phi) is 3.93. The standard InChI is InChI=1S/C10H10ClFN4O3/c11-6-3-5(12)1-2-7(6)13-10(17)8-4-9(15-14-8)16(18)19/h1-3,8-9,14-15H,4H2,(H,13,17). The summed E-state index contributed by atoms with van der Waals surface area (Å²) >= 11 is 5.76. The van der Waals surface area contributed by atoms with Crippen LogP contribution in [-0.4, -0.2) is 23.0 Å². The molecule has 1 saturated heterocycles. The fraction of sp³-hybridized carbons (Fsp3) is 0.300. The maximum absolute atomic E-state index is 12.8. The van der Waals surface area contributed by atoms with Crippen LogP contribution in [0.2, 0.25) is 5.02 Å². The summed E-state index contributed by atoms with van der Waals surface area (Å²) in [6, 6.07) is 2.79. The highest BCUT2D eigenvalue weighted by Gasteiger charge is 2.36. The molecule has 9 heteroatoms. The van der Waals surface area contributed by atoms with Crippen molar-refractivity contribution >= 4 is 23.2 Å². The number of benzene rings is 1. The van der Waals surface area contributed by atoms with Crippen LogP contribution in [0.1, 0.15) is 6.42 Å². The van der Waals surface area contributed by atoms with Crippen molar-refractivity contribution in [2.24, 2.45) is 0 Å². The normalized spacial score (nSPS) is 22.2. The molecule has 1 aromatic carbocycles. The number of hydrogen-bond donors (Lipinski definition) is 3. The minimum atomic E-state index is -1.01. The minimum absolute atomic E-state index is 0.0116. The maximum atomic E-state index is 12.8. The van der Waals surface area contributed by atoms with Crippen molar-refractivity contribution in [1.29, 1.82) is 0 Å². The number of nitro groups is 1. The highest BCUT2D eigenvalue weighted by atomic mass is 35.5. The molecule has 19 heavy (non-hydrogen) atoms. The van der Waals surface area contributed by atoms with Gasteiger partial charge in [-0.05, 0) is 18.2 Å². The lowest BCUT2D eigenvalue weighted by atomic mass is 10.2. The zero-order valence-electron chi connectivity index (χ0n) is 9.52. The first-order valence-corrected chi connectivity index (χ1v) is 5.75. The summed E-state index contributed by atoms with van der Waals surface area (Å²) in [6.45, 7) is 0. The van der Waals surface area contributed by atoms with Crippen LogP contribution in [0.15, 0.2) is 18.2 Å². The third-order valence-corrected chi connectivity index (χ3v) is 2.96. The van der Waals surface area contributed by atoms with Crippen LogP contribution in [0.3, 0.4) is 0 Å². The summed E-state index contributed by atoms with van der Waals surface area (Å²) in [5.41, 5.74) is 5.16. The van der Waals surface area contributed by atoms with E-state index < -0.39 is 28.9 Å². The molecule has 2 rings (SSSR count). The maximum Gasteiger partial charge on any atom is 0.280 e. The summed E-state index contributed by atoms with van der Waals surface area (Å²) in [5, 5.41) is 13.1. The third kappa shape index (κ3) is 3.16. The molecule has 2 atom stereocenters. The van der Waals surface area contributed by atoms with E-state index in [9.17, 15) is 19.3 Å². The summed E-state index contributed by atoms with van der Waals surface area (Å²) < 4.78 is 12.8. The number of carbonyl (C=O) groups is 1. The van der Waals surface area contributed by atoms with E-state index in [-0.39, 0.29) is 17.1 Å². The molecule has 1 fully saturated rings. The van der Waals surface area contributed by atoms with Crippen LogP contribution in [-0.2, 0) is 4.79 Å². The molecule has 102 valence electrons. The van der Waals surface area contributed by atoms with Crippen molar-refractivity contribution in [3.8, 4) is 0 Å². The number of amides is 1. The van der Waals surface area contributed by atoms with Crippen LogP contribution in [0, 0.1) is 15.9 Å². The van der Waals surface area contributed by atoms with Crippen molar-refractivity contribution in [2.75, 3.05) is 5.32 Å². The van der Waals surface area contributed by atoms with E-state index in [1.54, 1.807) is 0 Å². The van der Waals surface area contributed by atoms with Gasteiger partial charge in [0.2, 0.25) is 5.91 Å². The summed E-state index contributed by atoms with van der Waals surface area (Å²) in [7, 11) is 0. The quantitative estimate of drug-likeness (QED) is 0.567. The van der Waals surface area contributed by atoms with E-state index in [1.807, 2.05) is 0 Å². The Hall–Kier alpha value is -1.77. The lowest BCUT2D eigenvalue weighted by Gasteiger charge is -2.11. The molecule has 0 saturated carbocycles. The zero-order valence-corrected chi connectivity index (χ0v) is 10.3. The van der Waals surface area contributed by atoms with E-state index in [4.69, 9.17) is 11.6 Å². The Morgan fingerprint density at radius 2 is 2.26 bits per heavy atom. The molecule has 0 aromatic heterocycles. The Balaban J connectivity index is 2.00. The number of hydrogen-bond acceptors (Lipinski definition) is 5. The molecular formula is C10H10ClFN4O3. The highest BCUT2D eigenvalue weighted by Crippen LogP contribution is 2.23. The zero-order chi connectivity index (χ0) is 14.0. The molecule has 0 bridgehead atoms. The van der Waals surface area contributed by atoms with E-state index in [0.717, 1.165) is 12.1 Å².